The second kappa shape index (κ2) is 10.9. The first-order chi connectivity index (χ1) is 13.5. The summed E-state index contributed by atoms with van der Waals surface area (Å²) in [4.78, 5) is 38.4. The SMILES string of the molecule is CC(=O)C(N)CCCCNC(=O)Cn1cc(CCOC(=O)n2ccnc2)nn1. The Balaban J connectivity index is 1.60. The Bertz CT molecular complexity index is 772. The van der Waals surface area contributed by atoms with Crippen LogP contribution in [0.4, 0.5) is 4.79 Å². The number of ether oxygens (including phenoxy) is 1. The smallest absolute Gasteiger partial charge is 0.419 e. The monoisotopic (exact) mass is 391 g/mol. The number of nitrogens with one attached hydrogen (secondary N) is 1. The standard InChI is InChI=1S/C17H25N7O4/c1-13(25)15(18)4-2-3-6-20-16(26)11-24-10-14(21-22-24)5-9-28-17(27)23-8-7-19-12-23/h7-8,10,12,15H,2-6,9,11,18H2,1H3,(H,20,26). The number of aromatic nitrogens is 5. The van der Waals surface area contributed by atoms with E-state index in [2.05, 4.69) is 20.6 Å². The average molecular weight is 391 g/mol. The third kappa shape index (κ3) is 7.27. The summed E-state index contributed by atoms with van der Waals surface area (Å²) in [6, 6.07) is -0.427. The Morgan fingerprint density at radius 2 is 2.14 bits per heavy atom. The van der Waals surface area contributed by atoms with Crippen molar-refractivity contribution in [2.24, 2.45) is 5.73 Å². The third-order valence-electron chi connectivity index (χ3n) is 3.98. The molecule has 1 amide bonds. The largest absolute Gasteiger partial charge is 0.448 e. The van der Waals surface area contributed by atoms with Gasteiger partial charge in [0.05, 0.1) is 18.3 Å². The summed E-state index contributed by atoms with van der Waals surface area (Å²) >= 11 is 0. The Kier molecular flexibility index (Phi) is 8.28. The van der Waals surface area contributed by atoms with Crippen LogP contribution in [-0.4, -0.2) is 61.5 Å². The Morgan fingerprint density at radius 3 is 2.86 bits per heavy atom. The number of nitrogens with two attached hydrogens (primary N) is 1. The lowest BCUT2D eigenvalue weighted by atomic mass is 10.1. The lowest BCUT2D eigenvalue weighted by Crippen LogP contribution is -2.30. The van der Waals surface area contributed by atoms with E-state index in [0.29, 0.717) is 25.1 Å². The van der Waals surface area contributed by atoms with Gasteiger partial charge >= 0.3 is 6.09 Å². The first-order valence-electron chi connectivity index (χ1n) is 9.02. The molecule has 2 rings (SSSR count). The number of unbranched alkanes of at least 4 members (excludes halogenated alkanes) is 1. The van der Waals surface area contributed by atoms with E-state index in [9.17, 15) is 14.4 Å². The highest BCUT2D eigenvalue weighted by atomic mass is 16.5. The van der Waals surface area contributed by atoms with Crippen LogP contribution < -0.4 is 11.1 Å². The van der Waals surface area contributed by atoms with Crippen molar-refractivity contribution >= 4 is 17.8 Å². The van der Waals surface area contributed by atoms with Crippen molar-refractivity contribution in [3.8, 4) is 0 Å². The average Bonchev–Trinajstić information content (AvgIpc) is 3.33. The molecule has 3 N–H and O–H groups in total. The maximum Gasteiger partial charge on any atom is 0.419 e. The van der Waals surface area contributed by atoms with Crippen molar-refractivity contribution in [1.29, 1.82) is 0 Å². The van der Waals surface area contributed by atoms with E-state index in [-0.39, 0.29) is 24.8 Å². The van der Waals surface area contributed by atoms with Gasteiger partial charge in [-0.1, -0.05) is 5.21 Å². The van der Waals surface area contributed by atoms with Crippen LogP contribution >= 0.6 is 0 Å². The number of amides is 1. The van der Waals surface area contributed by atoms with Crippen LogP contribution in [-0.2, 0) is 27.3 Å². The zero-order valence-electron chi connectivity index (χ0n) is 15.8. The number of nitrogens with zero attached hydrogens (tertiary/aromatic N) is 5. The first-order valence-corrected chi connectivity index (χ1v) is 9.02. The number of hydrogen-bond acceptors (Lipinski definition) is 8. The minimum Gasteiger partial charge on any atom is -0.448 e. The van der Waals surface area contributed by atoms with Crippen LogP contribution in [0, 0.1) is 0 Å². The fourth-order valence-corrected chi connectivity index (χ4v) is 2.34. The van der Waals surface area contributed by atoms with E-state index < -0.39 is 12.1 Å². The minimum absolute atomic E-state index is 0.0254. The fraction of sp³-hybridized carbons (Fsp3) is 0.529. The van der Waals surface area contributed by atoms with E-state index in [1.54, 1.807) is 6.20 Å². The van der Waals surface area contributed by atoms with Gasteiger partial charge in [0.25, 0.3) is 0 Å². The van der Waals surface area contributed by atoms with Gasteiger partial charge < -0.3 is 15.8 Å². The molecule has 2 heterocycles. The van der Waals surface area contributed by atoms with Gasteiger partial charge in [-0.05, 0) is 26.2 Å². The summed E-state index contributed by atoms with van der Waals surface area (Å²) in [5.41, 5.74) is 6.27. The van der Waals surface area contributed by atoms with Gasteiger partial charge in [-0.25, -0.2) is 19.0 Å². The number of Topliss-reactive ketones (excluding diaryl/α,β-unsaturated/α-hetero) is 1. The number of ketones is 1. The topological polar surface area (TPSA) is 147 Å². The van der Waals surface area contributed by atoms with E-state index in [1.807, 2.05) is 0 Å². The predicted molar refractivity (Wildman–Crippen MR) is 98.2 cm³/mol. The number of carbonyl (C=O) groups excluding carboxylic acids is 3. The van der Waals surface area contributed by atoms with Crippen molar-refractivity contribution in [1.82, 2.24) is 29.9 Å². The van der Waals surface area contributed by atoms with Crippen molar-refractivity contribution in [3.05, 3.63) is 30.6 Å². The molecule has 152 valence electrons. The quantitative estimate of drug-likeness (QED) is 0.505. The van der Waals surface area contributed by atoms with Gasteiger partial charge in [0.1, 0.15) is 18.7 Å². The first kappa shape index (κ1) is 21.2. The highest BCUT2D eigenvalue weighted by molar-refractivity contribution is 5.81. The summed E-state index contributed by atoms with van der Waals surface area (Å²) in [5.74, 6) is -0.207. The molecule has 0 fully saturated rings. The molecule has 1 atom stereocenters. The number of hydrogen-bond donors (Lipinski definition) is 2. The number of rotatable bonds is 11. The fourth-order valence-electron chi connectivity index (χ4n) is 2.34. The third-order valence-corrected chi connectivity index (χ3v) is 3.98. The van der Waals surface area contributed by atoms with E-state index in [0.717, 1.165) is 12.8 Å². The molecule has 0 aliphatic heterocycles. The van der Waals surface area contributed by atoms with Crippen LogP contribution in [0.3, 0.4) is 0 Å². The zero-order chi connectivity index (χ0) is 20.4. The van der Waals surface area contributed by atoms with Crippen LogP contribution in [0.25, 0.3) is 0 Å². The van der Waals surface area contributed by atoms with Crippen molar-refractivity contribution in [3.63, 3.8) is 0 Å². The van der Waals surface area contributed by atoms with Gasteiger partial charge in [0.2, 0.25) is 5.91 Å². The number of imidazole rings is 1. The van der Waals surface area contributed by atoms with Crippen LogP contribution in [0.2, 0.25) is 0 Å². The minimum atomic E-state index is -0.520. The van der Waals surface area contributed by atoms with E-state index in [1.165, 1.54) is 34.9 Å². The molecular weight excluding hydrogens is 366 g/mol. The Hall–Kier alpha value is -3.08. The Morgan fingerprint density at radius 1 is 1.32 bits per heavy atom. The lowest BCUT2D eigenvalue weighted by Gasteiger charge is -2.08. The molecule has 0 aliphatic carbocycles. The molecule has 2 aromatic rings. The molecule has 11 heteroatoms. The second-order valence-electron chi connectivity index (χ2n) is 6.30. The molecule has 11 nitrogen and oxygen atoms in total. The van der Waals surface area contributed by atoms with Crippen LogP contribution in [0.15, 0.2) is 24.9 Å². The van der Waals surface area contributed by atoms with Crippen molar-refractivity contribution in [2.45, 2.75) is 45.2 Å². The molecule has 0 aliphatic rings. The molecule has 1 unspecified atom stereocenters. The van der Waals surface area contributed by atoms with Gasteiger partial charge in [-0.2, -0.15) is 0 Å². The molecule has 0 spiro atoms. The van der Waals surface area contributed by atoms with Gasteiger partial charge in [-0.3, -0.25) is 9.59 Å². The van der Waals surface area contributed by atoms with Crippen molar-refractivity contribution in [2.75, 3.05) is 13.2 Å². The maximum absolute atomic E-state index is 11.9. The van der Waals surface area contributed by atoms with Gasteiger partial charge in [-0.15, -0.1) is 5.10 Å². The van der Waals surface area contributed by atoms with Gasteiger partial charge in [0.15, 0.2) is 0 Å². The summed E-state index contributed by atoms with van der Waals surface area (Å²) in [6.45, 7) is 2.18. The summed E-state index contributed by atoms with van der Waals surface area (Å²) < 4.78 is 7.74. The molecular formula is C17H25N7O4. The van der Waals surface area contributed by atoms with Crippen LogP contribution in [0.5, 0.6) is 0 Å². The predicted octanol–water partition coefficient (Wildman–Crippen LogP) is -0.0952. The van der Waals surface area contributed by atoms with E-state index in [4.69, 9.17) is 10.5 Å². The molecule has 28 heavy (non-hydrogen) atoms. The molecule has 0 saturated carbocycles. The lowest BCUT2D eigenvalue weighted by molar-refractivity contribution is -0.122. The molecule has 0 saturated heterocycles. The molecule has 2 aromatic heterocycles. The van der Waals surface area contributed by atoms with Crippen LogP contribution in [0.1, 0.15) is 31.9 Å². The van der Waals surface area contributed by atoms with E-state index >= 15 is 0 Å². The molecule has 0 radical (unpaired) electrons. The van der Waals surface area contributed by atoms with Crippen molar-refractivity contribution < 1.29 is 19.1 Å². The second-order valence-corrected chi connectivity index (χ2v) is 6.30. The normalized spacial score (nSPS) is 11.8. The molecule has 0 bridgehead atoms. The summed E-state index contributed by atoms with van der Waals surface area (Å²) in [6.07, 6.45) is 7.97. The number of carbonyl (C=O) groups is 3. The highest BCUT2D eigenvalue weighted by Crippen LogP contribution is 2.00. The molecule has 0 aromatic carbocycles. The Labute approximate surface area is 162 Å². The zero-order valence-corrected chi connectivity index (χ0v) is 15.8. The summed E-state index contributed by atoms with van der Waals surface area (Å²) in [5, 5.41) is 10.6. The summed E-state index contributed by atoms with van der Waals surface area (Å²) in [7, 11) is 0. The van der Waals surface area contributed by atoms with Gasteiger partial charge in [0, 0.05) is 31.6 Å². The maximum atomic E-state index is 11.9. The highest BCUT2D eigenvalue weighted by Gasteiger charge is 2.09.